The second kappa shape index (κ2) is 8.36. The van der Waals surface area contributed by atoms with Crippen LogP contribution in [0.5, 0.6) is 0 Å². The fourth-order valence-corrected chi connectivity index (χ4v) is 3.77. The quantitative estimate of drug-likeness (QED) is 0.530. The standard InChI is InChI=1S/C22H25ClN6O/c1-13(2)9-18-19(12-25-28-18)27-20-10-17(15(23)11-24-20)26-16-6-4-5-14-7-8-29(3)22(30)21(14)16/h4-6,10-13H,7-9H2,1-3H3,(H,25,28)(H2,24,26,27). The van der Waals surface area contributed by atoms with Gasteiger partial charge < -0.3 is 15.5 Å². The van der Waals surface area contributed by atoms with Crippen LogP contribution in [0.15, 0.2) is 36.7 Å². The minimum atomic E-state index is 0.0135. The Balaban J connectivity index is 1.62. The maximum Gasteiger partial charge on any atom is 0.255 e. The molecule has 3 aromatic rings. The van der Waals surface area contributed by atoms with Crippen LogP contribution >= 0.6 is 11.6 Å². The van der Waals surface area contributed by atoms with Gasteiger partial charge in [-0.05, 0) is 30.4 Å². The maximum atomic E-state index is 12.7. The van der Waals surface area contributed by atoms with Crippen molar-refractivity contribution < 1.29 is 4.79 Å². The van der Waals surface area contributed by atoms with Crippen LogP contribution < -0.4 is 10.6 Å². The molecule has 3 N–H and O–H groups in total. The van der Waals surface area contributed by atoms with Gasteiger partial charge in [0.2, 0.25) is 0 Å². The molecule has 7 nitrogen and oxygen atoms in total. The lowest BCUT2D eigenvalue weighted by Gasteiger charge is -2.27. The highest BCUT2D eigenvalue weighted by atomic mass is 35.5. The molecule has 1 aliphatic rings. The number of amides is 1. The molecule has 3 heterocycles. The van der Waals surface area contributed by atoms with E-state index in [1.165, 1.54) is 0 Å². The number of carbonyl (C=O) groups excluding carboxylic acids is 1. The van der Waals surface area contributed by atoms with E-state index in [9.17, 15) is 4.79 Å². The molecule has 0 bridgehead atoms. The first-order chi connectivity index (χ1) is 14.4. The molecule has 0 radical (unpaired) electrons. The van der Waals surface area contributed by atoms with Crippen molar-refractivity contribution in [3.63, 3.8) is 0 Å². The van der Waals surface area contributed by atoms with Gasteiger partial charge in [-0.25, -0.2) is 4.98 Å². The van der Waals surface area contributed by atoms with Crippen LogP contribution in [-0.2, 0) is 12.8 Å². The Morgan fingerprint density at radius 2 is 2.03 bits per heavy atom. The molecule has 2 aromatic heterocycles. The van der Waals surface area contributed by atoms with Crippen molar-refractivity contribution in [3.05, 3.63) is 58.5 Å². The van der Waals surface area contributed by atoms with Gasteiger partial charge in [-0.3, -0.25) is 9.89 Å². The lowest BCUT2D eigenvalue weighted by atomic mass is 9.97. The number of pyridine rings is 1. The summed E-state index contributed by atoms with van der Waals surface area (Å²) in [5.74, 6) is 1.16. The molecular formula is C22H25ClN6O. The maximum absolute atomic E-state index is 12.7. The van der Waals surface area contributed by atoms with E-state index < -0.39 is 0 Å². The van der Waals surface area contributed by atoms with Gasteiger partial charge >= 0.3 is 0 Å². The van der Waals surface area contributed by atoms with Gasteiger partial charge in [0.1, 0.15) is 5.82 Å². The Hall–Kier alpha value is -3.06. The zero-order valence-corrected chi connectivity index (χ0v) is 18.0. The molecule has 156 valence electrons. The van der Waals surface area contributed by atoms with Crippen molar-refractivity contribution in [1.29, 1.82) is 0 Å². The highest BCUT2D eigenvalue weighted by molar-refractivity contribution is 6.33. The first-order valence-corrected chi connectivity index (χ1v) is 10.4. The van der Waals surface area contributed by atoms with Crippen molar-refractivity contribution in [2.75, 3.05) is 24.2 Å². The molecule has 0 atom stereocenters. The zero-order valence-electron chi connectivity index (χ0n) is 17.3. The average Bonchev–Trinajstić information content (AvgIpc) is 3.13. The number of benzene rings is 1. The minimum absolute atomic E-state index is 0.0135. The number of nitrogens with one attached hydrogen (secondary N) is 3. The number of hydrogen-bond acceptors (Lipinski definition) is 5. The van der Waals surface area contributed by atoms with E-state index in [4.69, 9.17) is 11.6 Å². The number of aromatic amines is 1. The lowest BCUT2D eigenvalue weighted by Crippen LogP contribution is -2.34. The molecule has 1 aromatic carbocycles. The van der Waals surface area contributed by atoms with Crippen molar-refractivity contribution in [3.8, 4) is 0 Å². The van der Waals surface area contributed by atoms with E-state index in [0.717, 1.165) is 42.0 Å². The van der Waals surface area contributed by atoms with E-state index in [1.54, 1.807) is 17.3 Å². The summed E-state index contributed by atoms with van der Waals surface area (Å²) in [5, 5.41) is 14.3. The number of rotatable bonds is 6. The van der Waals surface area contributed by atoms with E-state index in [0.29, 0.717) is 28.0 Å². The van der Waals surface area contributed by atoms with Crippen LogP contribution in [0.25, 0.3) is 0 Å². The molecule has 0 fully saturated rings. The van der Waals surface area contributed by atoms with E-state index in [-0.39, 0.29) is 5.91 Å². The number of anilines is 4. The fraction of sp³-hybridized carbons (Fsp3) is 0.318. The molecule has 1 aliphatic heterocycles. The third-order valence-corrected chi connectivity index (χ3v) is 5.45. The number of aromatic nitrogens is 3. The van der Waals surface area contributed by atoms with Gasteiger partial charge in [0.15, 0.2) is 0 Å². The van der Waals surface area contributed by atoms with Gasteiger partial charge in [0, 0.05) is 19.7 Å². The Labute approximate surface area is 180 Å². The molecule has 0 spiro atoms. The SMILES string of the molecule is CC(C)Cc1[nH]ncc1Nc1cc(Nc2cccc3c2C(=O)N(C)CC3)c(Cl)cn1. The summed E-state index contributed by atoms with van der Waals surface area (Å²) in [4.78, 5) is 18.9. The zero-order chi connectivity index (χ0) is 21.3. The predicted molar refractivity (Wildman–Crippen MR) is 120 cm³/mol. The van der Waals surface area contributed by atoms with Crippen LogP contribution in [0.2, 0.25) is 5.02 Å². The summed E-state index contributed by atoms with van der Waals surface area (Å²) in [5.41, 5.74) is 5.08. The Kier molecular flexibility index (Phi) is 5.63. The van der Waals surface area contributed by atoms with Crippen molar-refractivity contribution in [2.45, 2.75) is 26.7 Å². The van der Waals surface area contributed by atoms with Crippen LogP contribution in [-0.4, -0.2) is 39.6 Å². The largest absolute Gasteiger partial charge is 0.353 e. The second-order valence-electron chi connectivity index (χ2n) is 7.98. The number of likely N-dealkylation sites (N-methyl/N-ethyl adjacent to an activating group) is 1. The van der Waals surface area contributed by atoms with Gasteiger partial charge in [0.05, 0.1) is 45.7 Å². The third kappa shape index (κ3) is 4.11. The third-order valence-electron chi connectivity index (χ3n) is 5.15. The molecule has 4 rings (SSSR count). The summed E-state index contributed by atoms with van der Waals surface area (Å²) >= 11 is 6.41. The van der Waals surface area contributed by atoms with E-state index in [1.807, 2.05) is 31.3 Å². The molecule has 30 heavy (non-hydrogen) atoms. The molecule has 0 aliphatic carbocycles. The summed E-state index contributed by atoms with van der Waals surface area (Å²) in [6.45, 7) is 5.04. The van der Waals surface area contributed by atoms with Gasteiger partial charge in [0.25, 0.3) is 5.91 Å². The predicted octanol–water partition coefficient (Wildman–Crippen LogP) is 4.77. The van der Waals surface area contributed by atoms with Crippen molar-refractivity contribution in [1.82, 2.24) is 20.1 Å². The smallest absolute Gasteiger partial charge is 0.255 e. The van der Waals surface area contributed by atoms with Crippen LogP contribution in [0, 0.1) is 5.92 Å². The fourth-order valence-electron chi connectivity index (χ4n) is 3.62. The van der Waals surface area contributed by atoms with Crippen LogP contribution in [0.4, 0.5) is 22.9 Å². The molecule has 8 heteroatoms. The number of nitrogens with zero attached hydrogens (tertiary/aromatic N) is 3. The van der Waals surface area contributed by atoms with Gasteiger partial charge in [-0.15, -0.1) is 0 Å². The molecule has 1 amide bonds. The van der Waals surface area contributed by atoms with E-state index >= 15 is 0 Å². The summed E-state index contributed by atoms with van der Waals surface area (Å²) in [7, 11) is 1.82. The van der Waals surface area contributed by atoms with Crippen molar-refractivity contribution >= 4 is 40.4 Å². The molecule has 0 saturated carbocycles. The monoisotopic (exact) mass is 424 g/mol. The Bertz CT molecular complexity index is 1080. The second-order valence-corrected chi connectivity index (χ2v) is 8.38. The number of hydrogen-bond donors (Lipinski definition) is 3. The number of H-pyrrole nitrogens is 1. The molecule has 0 saturated heterocycles. The highest BCUT2D eigenvalue weighted by Gasteiger charge is 2.24. The van der Waals surface area contributed by atoms with Gasteiger partial charge in [-0.1, -0.05) is 37.6 Å². The first-order valence-electron chi connectivity index (χ1n) is 10.0. The summed E-state index contributed by atoms with van der Waals surface area (Å²) in [6, 6.07) is 7.70. The van der Waals surface area contributed by atoms with Crippen LogP contribution in [0.3, 0.4) is 0 Å². The lowest BCUT2D eigenvalue weighted by molar-refractivity contribution is 0.0782. The molecular weight excluding hydrogens is 400 g/mol. The number of fused-ring (bicyclic) bond motifs is 1. The van der Waals surface area contributed by atoms with Gasteiger partial charge in [-0.2, -0.15) is 5.10 Å². The Morgan fingerprint density at radius 1 is 1.20 bits per heavy atom. The summed E-state index contributed by atoms with van der Waals surface area (Å²) in [6.07, 6.45) is 5.07. The topological polar surface area (TPSA) is 85.9 Å². The molecule has 0 unspecified atom stereocenters. The number of carbonyl (C=O) groups is 1. The first kappa shape index (κ1) is 20.2. The Morgan fingerprint density at radius 3 is 2.83 bits per heavy atom. The minimum Gasteiger partial charge on any atom is -0.353 e. The van der Waals surface area contributed by atoms with Crippen LogP contribution in [0.1, 0.15) is 35.5 Å². The van der Waals surface area contributed by atoms with Crippen molar-refractivity contribution in [2.24, 2.45) is 5.92 Å². The normalized spacial score (nSPS) is 13.5. The highest BCUT2D eigenvalue weighted by Crippen LogP contribution is 2.33. The summed E-state index contributed by atoms with van der Waals surface area (Å²) < 4.78 is 0. The average molecular weight is 425 g/mol. The van der Waals surface area contributed by atoms with E-state index in [2.05, 4.69) is 39.7 Å². The number of halogens is 1.